The predicted molar refractivity (Wildman–Crippen MR) is 85.5 cm³/mol. The Kier molecular flexibility index (Phi) is 3.47. The van der Waals surface area contributed by atoms with Crippen molar-refractivity contribution in [3.05, 3.63) is 30.5 Å². The highest BCUT2D eigenvalue weighted by Gasteiger charge is 2.32. The molecule has 4 heteroatoms. The minimum absolute atomic E-state index is 0.668. The van der Waals surface area contributed by atoms with Gasteiger partial charge in [-0.3, -0.25) is 0 Å². The van der Waals surface area contributed by atoms with E-state index in [1.165, 1.54) is 25.7 Å². The second-order valence-corrected chi connectivity index (χ2v) is 6.31. The van der Waals surface area contributed by atoms with E-state index in [1.807, 2.05) is 18.3 Å². The molecule has 2 aliphatic rings. The summed E-state index contributed by atoms with van der Waals surface area (Å²) in [6.07, 6.45) is 7.10. The fourth-order valence-electron chi connectivity index (χ4n) is 3.22. The second kappa shape index (κ2) is 5.60. The molecule has 0 amide bonds. The zero-order valence-electron chi connectivity index (χ0n) is 12.3. The SMILES string of the molecule is c1ccc2nc(N(CC3CCNCC3)C3CC3)ncc2c1. The fourth-order valence-corrected chi connectivity index (χ4v) is 3.22. The molecule has 4 nitrogen and oxygen atoms in total. The van der Waals surface area contributed by atoms with Crippen molar-refractivity contribution in [2.24, 2.45) is 5.92 Å². The number of benzene rings is 1. The van der Waals surface area contributed by atoms with E-state index in [0.29, 0.717) is 6.04 Å². The van der Waals surface area contributed by atoms with Crippen molar-refractivity contribution in [3.8, 4) is 0 Å². The van der Waals surface area contributed by atoms with Crippen LogP contribution >= 0.6 is 0 Å². The average molecular weight is 282 g/mol. The third kappa shape index (κ3) is 2.86. The van der Waals surface area contributed by atoms with Crippen molar-refractivity contribution in [3.63, 3.8) is 0 Å². The van der Waals surface area contributed by atoms with E-state index in [-0.39, 0.29) is 0 Å². The Bertz CT molecular complexity index is 617. The zero-order chi connectivity index (χ0) is 14.1. The number of nitrogens with one attached hydrogen (secondary N) is 1. The normalized spacial score (nSPS) is 19.8. The van der Waals surface area contributed by atoms with E-state index in [2.05, 4.69) is 27.3 Å². The van der Waals surface area contributed by atoms with Crippen LogP contribution in [0.5, 0.6) is 0 Å². The van der Waals surface area contributed by atoms with Gasteiger partial charge < -0.3 is 10.2 Å². The molecule has 110 valence electrons. The Hall–Kier alpha value is -1.68. The number of aromatic nitrogens is 2. The molecule has 0 atom stereocenters. The highest BCUT2D eigenvalue weighted by atomic mass is 15.3. The van der Waals surface area contributed by atoms with Crippen LogP contribution in [0.1, 0.15) is 25.7 Å². The second-order valence-electron chi connectivity index (χ2n) is 6.31. The molecule has 0 radical (unpaired) electrons. The van der Waals surface area contributed by atoms with Crippen LogP contribution in [0.3, 0.4) is 0 Å². The molecule has 0 bridgehead atoms. The van der Waals surface area contributed by atoms with Crippen LogP contribution in [0.2, 0.25) is 0 Å². The van der Waals surface area contributed by atoms with Crippen molar-refractivity contribution in [2.75, 3.05) is 24.5 Å². The highest BCUT2D eigenvalue weighted by molar-refractivity contribution is 5.78. The average Bonchev–Trinajstić information content (AvgIpc) is 3.38. The molecule has 1 aromatic heterocycles. The molecule has 1 aromatic carbocycles. The molecule has 1 saturated heterocycles. The molecule has 1 N–H and O–H groups in total. The maximum absolute atomic E-state index is 4.80. The summed E-state index contributed by atoms with van der Waals surface area (Å²) in [6, 6.07) is 8.91. The number of piperidine rings is 1. The van der Waals surface area contributed by atoms with Gasteiger partial charge in [0.1, 0.15) is 0 Å². The molecular weight excluding hydrogens is 260 g/mol. The summed E-state index contributed by atoms with van der Waals surface area (Å²) in [4.78, 5) is 11.9. The third-order valence-corrected chi connectivity index (χ3v) is 4.63. The van der Waals surface area contributed by atoms with Crippen LogP contribution in [-0.4, -0.2) is 35.6 Å². The number of hydrogen-bond donors (Lipinski definition) is 1. The van der Waals surface area contributed by atoms with Gasteiger partial charge in [-0.05, 0) is 50.8 Å². The number of anilines is 1. The first-order valence-electron chi connectivity index (χ1n) is 8.09. The van der Waals surface area contributed by atoms with Gasteiger partial charge in [-0.25, -0.2) is 9.97 Å². The van der Waals surface area contributed by atoms with Crippen LogP contribution in [0.4, 0.5) is 5.95 Å². The maximum atomic E-state index is 4.80. The molecule has 2 aromatic rings. The number of rotatable bonds is 4. The summed E-state index contributed by atoms with van der Waals surface area (Å²) in [7, 11) is 0. The van der Waals surface area contributed by atoms with Crippen LogP contribution in [0, 0.1) is 5.92 Å². The number of nitrogens with zero attached hydrogens (tertiary/aromatic N) is 3. The zero-order valence-corrected chi connectivity index (χ0v) is 12.3. The standard InChI is InChI=1S/C17H22N4/c1-2-4-16-14(3-1)11-19-17(20-16)21(15-5-6-15)12-13-7-9-18-10-8-13/h1-4,11,13,15,18H,5-10,12H2. The van der Waals surface area contributed by atoms with Gasteiger partial charge in [0.2, 0.25) is 5.95 Å². The Balaban J connectivity index is 1.59. The van der Waals surface area contributed by atoms with Crippen LogP contribution in [0.25, 0.3) is 10.9 Å². The maximum Gasteiger partial charge on any atom is 0.226 e. The molecule has 0 spiro atoms. The third-order valence-electron chi connectivity index (χ3n) is 4.63. The highest BCUT2D eigenvalue weighted by Crippen LogP contribution is 2.32. The first-order valence-corrected chi connectivity index (χ1v) is 8.09. The van der Waals surface area contributed by atoms with Crippen LogP contribution in [-0.2, 0) is 0 Å². The van der Waals surface area contributed by atoms with E-state index < -0.39 is 0 Å². The monoisotopic (exact) mass is 282 g/mol. The van der Waals surface area contributed by atoms with Gasteiger partial charge in [-0.1, -0.05) is 18.2 Å². The summed E-state index contributed by atoms with van der Waals surface area (Å²) in [5.41, 5.74) is 1.05. The van der Waals surface area contributed by atoms with E-state index in [0.717, 1.165) is 42.4 Å². The minimum Gasteiger partial charge on any atom is -0.338 e. The molecule has 2 heterocycles. The quantitative estimate of drug-likeness (QED) is 0.936. The Morgan fingerprint density at radius 1 is 1.10 bits per heavy atom. The molecule has 0 unspecified atom stereocenters. The Morgan fingerprint density at radius 3 is 2.71 bits per heavy atom. The summed E-state index contributed by atoms with van der Waals surface area (Å²) < 4.78 is 0. The van der Waals surface area contributed by atoms with E-state index >= 15 is 0 Å². The minimum atomic E-state index is 0.668. The molecule has 21 heavy (non-hydrogen) atoms. The topological polar surface area (TPSA) is 41.1 Å². The number of para-hydroxylation sites is 1. The van der Waals surface area contributed by atoms with E-state index in [4.69, 9.17) is 4.98 Å². The van der Waals surface area contributed by atoms with Crippen molar-refractivity contribution in [2.45, 2.75) is 31.7 Å². The molecule has 1 saturated carbocycles. The van der Waals surface area contributed by atoms with Crippen molar-refractivity contribution >= 4 is 16.9 Å². The summed E-state index contributed by atoms with van der Waals surface area (Å²) in [5, 5.41) is 4.57. The van der Waals surface area contributed by atoms with Gasteiger partial charge in [0.25, 0.3) is 0 Å². The van der Waals surface area contributed by atoms with E-state index in [9.17, 15) is 0 Å². The molecule has 1 aliphatic heterocycles. The largest absolute Gasteiger partial charge is 0.338 e. The predicted octanol–water partition coefficient (Wildman–Crippen LogP) is 2.60. The molecule has 2 fully saturated rings. The van der Waals surface area contributed by atoms with Gasteiger partial charge in [0.05, 0.1) is 5.52 Å². The molecular formula is C17H22N4. The lowest BCUT2D eigenvalue weighted by atomic mass is 9.97. The number of hydrogen-bond acceptors (Lipinski definition) is 4. The number of fused-ring (bicyclic) bond motifs is 1. The van der Waals surface area contributed by atoms with Crippen LogP contribution < -0.4 is 10.2 Å². The lowest BCUT2D eigenvalue weighted by Gasteiger charge is -2.30. The van der Waals surface area contributed by atoms with Gasteiger partial charge in [-0.2, -0.15) is 0 Å². The lowest BCUT2D eigenvalue weighted by molar-refractivity contribution is 0.371. The smallest absolute Gasteiger partial charge is 0.226 e. The molecule has 4 rings (SSSR count). The summed E-state index contributed by atoms with van der Waals surface area (Å²) >= 11 is 0. The first-order chi connectivity index (χ1) is 10.4. The van der Waals surface area contributed by atoms with Crippen molar-refractivity contribution in [1.29, 1.82) is 0 Å². The van der Waals surface area contributed by atoms with Gasteiger partial charge in [0, 0.05) is 24.2 Å². The van der Waals surface area contributed by atoms with Crippen molar-refractivity contribution in [1.82, 2.24) is 15.3 Å². The first kappa shape index (κ1) is 13.0. The van der Waals surface area contributed by atoms with Gasteiger partial charge >= 0.3 is 0 Å². The van der Waals surface area contributed by atoms with E-state index in [1.54, 1.807) is 0 Å². The van der Waals surface area contributed by atoms with Gasteiger partial charge in [-0.15, -0.1) is 0 Å². The van der Waals surface area contributed by atoms with Crippen LogP contribution in [0.15, 0.2) is 30.5 Å². The van der Waals surface area contributed by atoms with Gasteiger partial charge in [0.15, 0.2) is 0 Å². The van der Waals surface area contributed by atoms with Crippen molar-refractivity contribution < 1.29 is 0 Å². The summed E-state index contributed by atoms with van der Waals surface area (Å²) in [5.74, 6) is 1.71. The Labute approximate surface area is 125 Å². The fraction of sp³-hybridized carbons (Fsp3) is 0.529. The lowest BCUT2D eigenvalue weighted by Crippen LogP contribution is -2.38. The summed E-state index contributed by atoms with van der Waals surface area (Å²) in [6.45, 7) is 3.42. The molecule has 1 aliphatic carbocycles. The Morgan fingerprint density at radius 2 is 1.90 bits per heavy atom.